The lowest BCUT2D eigenvalue weighted by Gasteiger charge is -2.37. The van der Waals surface area contributed by atoms with E-state index < -0.39 is 0 Å². The number of ether oxygens (including phenoxy) is 1. The molecule has 1 aromatic heterocycles. The average molecular weight is 319 g/mol. The number of hydrogen-bond donors (Lipinski definition) is 0. The zero-order chi connectivity index (χ0) is 16.4. The van der Waals surface area contributed by atoms with Gasteiger partial charge in [0.05, 0.1) is 24.9 Å². The Morgan fingerprint density at radius 2 is 2.00 bits per heavy atom. The molecule has 1 atom stereocenters. The second-order valence-corrected chi connectivity index (χ2v) is 7.09. The molecule has 23 heavy (non-hydrogen) atoms. The van der Waals surface area contributed by atoms with Crippen LogP contribution in [0.4, 0.5) is 0 Å². The van der Waals surface area contributed by atoms with Crippen LogP contribution < -0.4 is 0 Å². The number of amides is 1. The third kappa shape index (κ3) is 3.44. The van der Waals surface area contributed by atoms with Gasteiger partial charge >= 0.3 is 0 Å². The second-order valence-electron chi connectivity index (χ2n) is 7.09. The normalized spacial score (nSPS) is 23.3. The van der Waals surface area contributed by atoms with Gasteiger partial charge in [-0.05, 0) is 32.6 Å². The molecule has 0 radical (unpaired) electrons. The molecule has 1 saturated heterocycles. The molecule has 2 aliphatic rings. The Bertz CT molecular complexity index is 561. The molecule has 1 aliphatic heterocycles. The minimum Gasteiger partial charge on any atom is -0.377 e. The summed E-state index contributed by atoms with van der Waals surface area (Å²) in [6, 6.07) is 0.0218. The molecule has 0 aromatic carbocycles. The topological polar surface area (TPSA) is 47.4 Å². The number of aromatic nitrogens is 2. The molecule has 5 heteroatoms. The fraction of sp³-hybridized carbons (Fsp3) is 0.778. The molecule has 1 saturated carbocycles. The second kappa shape index (κ2) is 7.04. The van der Waals surface area contributed by atoms with Crippen LogP contribution in [0.25, 0.3) is 0 Å². The molecule has 1 amide bonds. The Balaban J connectivity index is 1.76. The van der Waals surface area contributed by atoms with Crippen molar-refractivity contribution in [3.05, 3.63) is 17.0 Å². The van der Waals surface area contributed by atoms with Gasteiger partial charge in [-0.2, -0.15) is 5.10 Å². The smallest absolute Gasteiger partial charge is 0.223 e. The molecule has 1 aliphatic carbocycles. The lowest BCUT2D eigenvalue weighted by atomic mass is 9.86. The third-order valence-electron chi connectivity index (χ3n) is 5.54. The number of aryl methyl sites for hydroxylation is 2. The summed E-state index contributed by atoms with van der Waals surface area (Å²) < 4.78 is 7.60. The first kappa shape index (κ1) is 16.5. The number of nitrogens with zero attached hydrogens (tertiary/aromatic N) is 3. The van der Waals surface area contributed by atoms with Crippen LogP contribution in [0, 0.1) is 19.8 Å². The molecular weight excluding hydrogens is 290 g/mol. The highest BCUT2D eigenvalue weighted by molar-refractivity contribution is 5.77. The van der Waals surface area contributed by atoms with Gasteiger partial charge in [0.1, 0.15) is 0 Å². The van der Waals surface area contributed by atoms with E-state index in [4.69, 9.17) is 4.74 Å². The maximum absolute atomic E-state index is 12.9. The van der Waals surface area contributed by atoms with Crippen molar-refractivity contribution in [2.45, 2.75) is 58.4 Å². The van der Waals surface area contributed by atoms with Gasteiger partial charge in [0.25, 0.3) is 0 Å². The van der Waals surface area contributed by atoms with Gasteiger partial charge < -0.3 is 9.64 Å². The van der Waals surface area contributed by atoms with Crippen LogP contribution in [0.1, 0.15) is 61.5 Å². The van der Waals surface area contributed by atoms with E-state index in [1.54, 1.807) is 0 Å². The van der Waals surface area contributed by atoms with Crippen LogP contribution in [0.5, 0.6) is 0 Å². The van der Waals surface area contributed by atoms with E-state index in [9.17, 15) is 4.79 Å². The highest BCUT2D eigenvalue weighted by Gasteiger charge is 2.33. The lowest BCUT2D eigenvalue weighted by Crippen LogP contribution is -2.44. The largest absolute Gasteiger partial charge is 0.377 e. The van der Waals surface area contributed by atoms with Crippen LogP contribution in [-0.2, 0) is 16.6 Å². The van der Waals surface area contributed by atoms with Crippen molar-refractivity contribution in [1.82, 2.24) is 14.7 Å². The summed E-state index contributed by atoms with van der Waals surface area (Å²) in [5, 5.41) is 4.52. The van der Waals surface area contributed by atoms with Crippen molar-refractivity contribution < 1.29 is 9.53 Å². The summed E-state index contributed by atoms with van der Waals surface area (Å²) in [6.07, 6.45) is 7.03. The van der Waals surface area contributed by atoms with E-state index in [1.807, 2.05) is 18.7 Å². The monoisotopic (exact) mass is 319 g/mol. The Morgan fingerprint density at radius 1 is 1.26 bits per heavy atom. The van der Waals surface area contributed by atoms with E-state index in [0.29, 0.717) is 38.0 Å². The van der Waals surface area contributed by atoms with Crippen LogP contribution in [0.2, 0.25) is 0 Å². The van der Waals surface area contributed by atoms with E-state index >= 15 is 0 Å². The molecule has 1 unspecified atom stereocenters. The number of hydrogen-bond acceptors (Lipinski definition) is 3. The fourth-order valence-corrected chi connectivity index (χ4v) is 4.17. The number of carbonyl (C=O) groups excluding carboxylic acids is 1. The minimum absolute atomic E-state index is 0.0218. The van der Waals surface area contributed by atoms with Gasteiger partial charge in [-0.15, -0.1) is 0 Å². The van der Waals surface area contributed by atoms with E-state index in [0.717, 1.165) is 11.4 Å². The molecule has 0 N–H and O–H groups in total. The first-order valence-electron chi connectivity index (χ1n) is 8.95. The summed E-state index contributed by atoms with van der Waals surface area (Å²) in [6.45, 7) is 6.04. The molecule has 3 rings (SSSR count). The van der Waals surface area contributed by atoms with Crippen LogP contribution >= 0.6 is 0 Å². The van der Waals surface area contributed by atoms with Crippen molar-refractivity contribution in [1.29, 1.82) is 0 Å². The Kier molecular flexibility index (Phi) is 5.05. The Morgan fingerprint density at radius 3 is 2.65 bits per heavy atom. The van der Waals surface area contributed by atoms with Gasteiger partial charge in [-0.3, -0.25) is 9.48 Å². The zero-order valence-electron chi connectivity index (χ0n) is 14.7. The lowest BCUT2D eigenvalue weighted by molar-refractivity contribution is -0.141. The van der Waals surface area contributed by atoms with Crippen molar-refractivity contribution >= 4 is 5.91 Å². The fourth-order valence-electron chi connectivity index (χ4n) is 4.17. The standard InChI is InChI=1S/C18H29N3O2/c1-13-18(14(2)20(3)19-13)16-12-23-10-9-21(16)17(22)11-15-7-5-4-6-8-15/h15-16H,4-12H2,1-3H3. The third-order valence-corrected chi connectivity index (χ3v) is 5.54. The quantitative estimate of drug-likeness (QED) is 0.860. The van der Waals surface area contributed by atoms with Gasteiger partial charge in [0.2, 0.25) is 5.91 Å². The van der Waals surface area contributed by atoms with E-state index in [1.165, 1.54) is 37.7 Å². The van der Waals surface area contributed by atoms with Gasteiger partial charge in [0.15, 0.2) is 0 Å². The highest BCUT2D eigenvalue weighted by Crippen LogP contribution is 2.32. The molecule has 5 nitrogen and oxygen atoms in total. The van der Waals surface area contributed by atoms with Crippen LogP contribution in [0.3, 0.4) is 0 Å². The van der Waals surface area contributed by atoms with Crippen molar-refractivity contribution in [3.63, 3.8) is 0 Å². The number of carbonyl (C=O) groups is 1. The van der Waals surface area contributed by atoms with E-state index in [2.05, 4.69) is 16.9 Å². The maximum atomic E-state index is 12.9. The molecule has 2 heterocycles. The summed E-state index contributed by atoms with van der Waals surface area (Å²) in [5.41, 5.74) is 3.31. The number of morpholine rings is 1. The summed E-state index contributed by atoms with van der Waals surface area (Å²) >= 11 is 0. The summed E-state index contributed by atoms with van der Waals surface area (Å²) in [7, 11) is 1.96. The molecule has 128 valence electrons. The molecular formula is C18H29N3O2. The Labute approximate surface area is 139 Å². The predicted octanol–water partition coefficient (Wildman–Crippen LogP) is 2.91. The molecule has 2 fully saturated rings. The molecule has 1 aromatic rings. The van der Waals surface area contributed by atoms with Crippen molar-refractivity contribution in [3.8, 4) is 0 Å². The molecule has 0 spiro atoms. The first-order chi connectivity index (χ1) is 11.1. The number of rotatable bonds is 3. The zero-order valence-corrected chi connectivity index (χ0v) is 14.7. The predicted molar refractivity (Wildman–Crippen MR) is 89.1 cm³/mol. The summed E-state index contributed by atoms with van der Waals surface area (Å²) in [4.78, 5) is 15.0. The van der Waals surface area contributed by atoms with Gasteiger partial charge in [0, 0.05) is 31.3 Å². The van der Waals surface area contributed by atoms with Crippen molar-refractivity contribution in [2.24, 2.45) is 13.0 Å². The average Bonchev–Trinajstić information content (AvgIpc) is 2.81. The minimum atomic E-state index is 0.0218. The van der Waals surface area contributed by atoms with Crippen LogP contribution in [-0.4, -0.2) is 40.3 Å². The molecule has 0 bridgehead atoms. The summed E-state index contributed by atoms with van der Waals surface area (Å²) in [5.74, 6) is 0.878. The van der Waals surface area contributed by atoms with Gasteiger partial charge in [-0.1, -0.05) is 19.3 Å². The highest BCUT2D eigenvalue weighted by atomic mass is 16.5. The maximum Gasteiger partial charge on any atom is 0.223 e. The van der Waals surface area contributed by atoms with E-state index in [-0.39, 0.29) is 6.04 Å². The van der Waals surface area contributed by atoms with Crippen molar-refractivity contribution in [2.75, 3.05) is 19.8 Å². The first-order valence-corrected chi connectivity index (χ1v) is 8.95. The van der Waals surface area contributed by atoms with Gasteiger partial charge in [-0.25, -0.2) is 0 Å². The Hall–Kier alpha value is -1.36. The SMILES string of the molecule is Cc1nn(C)c(C)c1C1COCCN1C(=O)CC1CCCCC1. The van der Waals surface area contributed by atoms with Crippen LogP contribution in [0.15, 0.2) is 0 Å².